The molecule has 0 saturated carbocycles. The fraction of sp³-hybridized carbons (Fsp3) is 0. The van der Waals surface area contributed by atoms with Crippen molar-refractivity contribution in [3.05, 3.63) is 103 Å². The number of hydrogen-bond acceptors (Lipinski definition) is 0. The van der Waals surface area contributed by atoms with Gasteiger partial charge in [-0.2, -0.15) is 0 Å². The Kier molecular flexibility index (Phi) is 3.31. The van der Waals surface area contributed by atoms with E-state index in [0.29, 0.717) is 6.71 Å². The molecular weight excluding hydrogens is 299 g/mol. The Morgan fingerprint density at radius 1 is 0.440 bits per heavy atom. The monoisotopic (exact) mass is 316 g/mol. The molecular formula is C24H17B. The molecule has 4 aromatic carbocycles. The van der Waals surface area contributed by atoms with Crippen molar-refractivity contribution in [3.8, 4) is 22.3 Å². The maximum absolute atomic E-state index is 2.35. The zero-order valence-corrected chi connectivity index (χ0v) is 13.9. The van der Waals surface area contributed by atoms with Crippen LogP contribution in [0.1, 0.15) is 0 Å². The summed E-state index contributed by atoms with van der Waals surface area (Å²) in [6.45, 7) is 0.316. The van der Waals surface area contributed by atoms with Crippen molar-refractivity contribution in [2.24, 2.45) is 0 Å². The van der Waals surface area contributed by atoms with E-state index >= 15 is 0 Å². The van der Waals surface area contributed by atoms with E-state index in [4.69, 9.17) is 0 Å². The van der Waals surface area contributed by atoms with E-state index < -0.39 is 0 Å². The van der Waals surface area contributed by atoms with Gasteiger partial charge in [-0.15, -0.1) is 0 Å². The molecule has 0 unspecified atom stereocenters. The van der Waals surface area contributed by atoms with Crippen LogP contribution in [0.4, 0.5) is 0 Å². The lowest BCUT2D eigenvalue weighted by molar-refractivity contribution is 1.64. The van der Waals surface area contributed by atoms with Crippen LogP contribution in [0.5, 0.6) is 0 Å². The van der Waals surface area contributed by atoms with Gasteiger partial charge in [0.1, 0.15) is 0 Å². The molecule has 0 aliphatic carbocycles. The highest BCUT2D eigenvalue weighted by Crippen LogP contribution is 2.23. The van der Waals surface area contributed by atoms with Gasteiger partial charge in [-0.25, -0.2) is 0 Å². The van der Waals surface area contributed by atoms with Crippen LogP contribution >= 0.6 is 0 Å². The highest BCUT2D eigenvalue weighted by molar-refractivity contribution is 6.99. The van der Waals surface area contributed by atoms with Crippen LogP contribution in [0.3, 0.4) is 0 Å². The summed E-state index contributed by atoms with van der Waals surface area (Å²) in [6, 6.07) is 37.2. The molecule has 1 aliphatic heterocycles. The van der Waals surface area contributed by atoms with Crippen LogP contribution in [-0.4, -0.2) is 6.71 Å². The molecule has 0 amide bonds. The molecule has 0 atom stereocenters. The molecule has 0 nitrogen and oxygen atoms in total. The molecule has 0 N–H and O–H groups in total. The molecule has 0 aromatic heterocycles. The number of hydrogen-bond donors (Lipinski definition) is 0. The topological polar surface area (TPSA) is 0 Å². The molecule has 25 heavy (non-hydrogen) atoms. The van der Waals surface area contributed by atoms with Gasteiger partial charge >= 0.3 is 0 Å². The molecule has 0 radical (unpaired) electrons. The lowest BCUT2D eigenvalue weighted by atomic mass is 9.39. The molecule has 1 heteroatoms. The van der Waals surface area contributed by atoms with Crippen molar-refractivity contribution in [3.63, 3.8) is 0 Å². The highest BCUT2D eigenvalue weighted by Gasteiger charge is 2.32. The Bertz CT molecular complexity index is 1000. The third-order valence-electron chi connectivity index (χ3n) is 5.16. The summed E-state index contributed by atoms with van der Waals surface area (Å²) in [4.78, 5) is 0. The molecule has 0 bridgehead atoms. The minimum atomic E-state index is 0.316. The molecule has 0 saturated heterocycles. The fourth-order valence-corrected chi connectivity index (χ4v) is 4.04. The predicted octanol–water partition coefficient (Wildman–Crippen LogP) is 3.85. The van der Waals surface area contributed by atoms with E-state index in [0.717, 1.165) is 0 Å². The number of benzene rings is 4. The lowest BCUT2D eigenvalue weighted by Gasteiger charge is -2.12. The number of rotatable bonds is 2. The van der Waals surface area contributed by atoms with Crippen LogP contribution in [0.25, 0.3) is 22.3 Å². The third-order valence-corrected chi connectivity index (χ3v) is 5.16. The first-order valence-corrected chi connectivity index (χ1v) is 8.75. The zero-order valence-electron chi connectivity index (χ0n) is 13.9. The predicted molar refractivity (Wildman–Crippen MR) is 108 cm³/mol. The average molecular weight is 316 g/mol. The van der Waals surface area contributed by atoms with E-state index in [1.54, 1.807) is 0 Å². The molecule has 4 aromatic rings. The van der Waals surface area contributed by atoms with Gasteiger partial charge in [0.2, 0.25) is 6.71 Å². The first-order valence-electron chi connectivity index (χ1n) is 8.75. The van der Waals surface area contributed by atoms with E-state index in [1.807, 2.05) is 0 Å². The first kappa shape index (κ1) is 14.3. The van der Waals surface area contributed by atoms with E-state index in [1.165, 1.54) is 38.6 Å². The summed E-state index contributed by atoms with van der Waals surface area (Å²) in [6.07, 6.45) is 0. The van der Waals surface area contributed by atoms with Gasteiger partial charge < -0.3 is 0 Å². The highest BCUT2D eigenvalue weighted by atomic mass is 14.2. The van der Waals surface area contributed by atoms with Crippen LogP contribution in [0.2, 0.25) is 0 Å². The Morgan fingerprint density at radius 2 is 1.00 bits per heavy atom. The summed E-state index contributed by atoms with van der Waals surface area (Å²) < 4.78 is 0. The van der Waals surface area contributed by atoms with Gasteiger partial charge in [-0.05, 0) is 22.3 Å². The quantitative estimate of drug-likeness (QED) is 0.434. The minimum Gasteiger partial charge on any atom is -0.0680 e. The fourth-order valence-electron chi connectivity index (χ4n) is 4.04. The van der Waals surface area contributed by atoms with Gasteiger partial charge in [-0.3, -0.25) is 0 Å². The molecule has 1 aliphatic rings. The van der Waals surface area contributed by atoms with Gasteiger partial charge in [0.15, 0.2) is 0 Å². The van der Waals surface area contributed by atoms with Gasteiger partial charge in [-0.1, -0.05) is 120 Å². The van der Waals surface area contributed by atoms with Crippen molar-refractivity contribution >= 4 is 23.1 Å². The second-order valence-corrected chi connectivity index (χ2v) is 6.60. The van der Waals surface area contributed by atoms with Gasteiger partial charge in [0, 0.05) is 0 Å². The average Bonchev–Trinajstić information content (AvgIpc) is 3.03. The van der Waals surface area contributed by atoms with E-state index in [9.17, 15) is 0 Å². The second-order valence-electron chi connectivity index (χ2n) is 6.60. The molecule has 5 rings (SSSR count). The summed E-state index contributed by atoms with van der Waals surface area (Å²) in [5.74, 6) is 0. The summed E-state index contributed by atoms with van der Waals surface area (Å²) >= 11 is 0. The Balaban J connectivity index is 1.69. The lowest BCUT2D eigenvalue weighted by Crippen LogP contribution is -2.48. The zero-order chi connectivity index (χ0) is 16.6. The van der Waals surface area contributed by atoms with Crippen molar-refractivity contribution in [2.75, 3.05) is 0 Å². The Hall–Kier alpha value is -3.06. The Labute approximate surface area is 148 Å². The van der Waals surface area contributed by atoms with E-state index in [-0.39, 0.29) is 0 Å². The molecule has 1 heterocycles. The van der Waals surface area contributed by atoms with Gasteiger partial charge in [0.05, 0.1) is 0 Å². The number of fused-ring (bicyclic) bond motifs is 3. The van der Waals surface area contributed by atoms with Crippen molar-refractivity contribution in [1.29, 1.82) is 0 Å². The summed E-state index contributed by atoms with van der Waals surface area (Å²) in [5, 5.41) is 0. The van der Waals surface area contributed by atoms with Gasteiger partial charge in [0.25, 0.3) is 0 Å². The third kappa shape index (κ3) is 2.32. The summed E-state index contributed by atoms with van der Waals surface area (Å²) in [7, 11) is 0. The second kappa shape index (κ2) is 5.79. The standard InChI is InChI=1S/C24H17B/c1-2-9-18(10-3-1)19-11-8-12-20(17-19)25-23-15-6-4-13-21(23)22-14-5-7-16-24(22)25/h1-17H. The van der Waals surface area contributed by atoms with Crippen LogP contribution < -0.4 is 16.4 Å². The normalized spacial score (nSPS) is 11.9. The van der Waals surface area contributed by atoms with E-state index in [2.05, 4.69) is 103 Å². The smallest absolute Gasteiger partial charge is 0.0680 e. The summed E-state index contributed by atoms with van der Waals surface area (Å²) in [5.41, 5.74) is 9.46. The maximum Gasteiger partial charge on any atom is 0.242 e. The first-order chi connectivity index (χ1) is 12.4. The maximum atomic E-state index is 2.35. The van der Waals surface area contributed by atoms with Crippen molar-refractivity contribution in [2.45, 2.75) is 0 Å². The SMILES string of the molecule is c1ccc(-c2cccc(B3c4ccccc4-c4ccccc43)c2)cc1. The molecule has 116 valence electrons. The van der Waals surface area contributed by atoms with Crippen molar-refractivity contribution < 1.29 is 0 Å². The molecule has 0 fully saturated rings. The van der Waals surface area contributed by atoms with Crippen molar-refractivity contribution in [1.82, 2.24) is 0 Å². The van der Waals surface area contributed by atoms with Crippen LogP contribution in [-0.2, 0) is 0 Å². The Morgan fingerprint density at radius 3 is 1.68 bits per heavy atom. The largest absolute Gasteiger partial charge is 0.242 e. The minimum absolute atomic E-state index is 0.316. The van der Waals surface area contributed by atoms with Crippen LogP contribution in [0.15, 0.2) is 103 Å². The van der Waals surface area contributed by atoms with Crippen LogP contribution in [0, 0.1) is 0 Å². The molecule has 0 spiro atoms.